The number of rotatable bonds is 14. The Morgan fingerprint density at radius 2 is 1.80 bits per heavy atom. The Balaban J connectivity index is 4.76. The Morgan fingerprint density at radius 1 is 1.12 bits per heavy atom. The molecule has 0 aliphatic rings. The first kappa shape index (κ1) is 23.7. The molecule has 0 fully saturated rings. The highest BCUT2D eigenvalue weighted by Crippen LogP contribution is 2.06. The molecule has 0 spiro atoms. The normalized spacial score (nSPS) is 13.0. The Kier molecular flexibility index (Phi) is 13.2. The highest BCUT2D eigenvalue weighted by atomic mass is 32.2. The van der Waals surface area contributed by atoms with Gasteiger partial charge < -0.3 is 31.5 Å². The van der Waals surface area contributed by atoms with Gasteiger partial charge in [-0.1, -0.05) is 0 Å². The van der Waals surface area contributed by atoms with E-state index in [1.807, 2.05) is 6.26 Å². The molecule has 11 heteroatoms. The van der Waals surface area contributed by atoms with Crippen molar-refractivity contribution in [3.63, 3.8) is 0 Å². The van der Waals surface area contributed by atoms with E-state index in [0.717, 1.165) is 0 Å². The summed E-state index contributed by atoms with van der Waals surface area (Å²) in [5.74, 6) is -2.38. The molecule has 0 unspecified atom stereocenters. The average Bonchev–Trinajstić information content (AvgIpc) is 2.55. The molecule has 0 saturated carbocycles. The number of aliphatic carboxylic acids is 1. The molecular formula is C14H28BN3O6S. The van der Waals surface area contributed by atoms with Crippen molar-refractivity contribution in [2.45, 2.75) is 50.5 Å². The Bertz CT molecular complexity index is 427. The van der Waals surface area contributed by atoms with Gasteiger partial charge in [0.05, 0.1) is 12.4 Å². The van der Waals surface area contributed by atoms with Gasteiger partial charge in [-0.2, -0.15) is 11.8 Å². The maximum Gasteiger partial charge on any atom is 0.475 e. The van der Waals surface area contributed by atoms with Gasteiger partial charge in [0, 0.05) is 6.42 Å². The van der Waals surface area contributed by atoms with E-state index < -0.39 is 36.9 Å². The third-order valence-electron chi connectivity index (χ3n) is 3.49. The molecule has 25 heavy (non-hydrogen) atoms. The lowest BCUT2D eigenvalue weighted by Crippen LogP contribution is -2.54. The summed E-state index contributed by atoms with van der Waals surface area (Å²) in [6.07, 6.45) is 3.29. The molecule has 2 amide bonds. The maximum atomic E-state index is 12.4. The van der Waals surface area contributed by atoms with Gasteiger partial charge in [-0.3, -0.25) is 14.4 Å². The standard InChI is InChI=1S/C14H28BN3O6S/c1-25-9-7-11(15(23)24)18-14(22)10(4-2-3-8-16)17-12(19)5-6-13(20)21/h10-11,23-24H,2-9,16H2,1H3,(H,17,19)(H,18,22)(H,20,21)/t10-,11-/m0/s1. The molecule has 9 nitrogen and oxygen atoms in total. The summed E-state index contributed by atoms with van der Waals surface area (Å²) in [4.78, 5) is 34.7. The van der Waals surface area contributed by atoms with E-state index in [9.17, 15) is 24.4 Å². The number of carbonyl (C=O) groups is 3. The topological polar surface area (TPSA) is 162 Å². The maximum absolute atomic E-state index is 12.4. The largest absolute Gasteiger partial charge is 0.481 e. The van der Waals surface area contributed by atoms with E-state index >= 15 is 0 Å². The summed E-state index contributed by atoms with van der Waals surface area (Å²) in [5.41, 5.74) is 5.43. The minimum atomic E-state index is -1.71. The first-order chi connectivity index (χ1) is 11.8. The van der Waals surface area contributed by atoms with Gasteiger partial charge in [-0.15, -0.1) is 0 Å². The van der Waals surface area contributed by atoms with Crippen LogP contribution in [0, 0.1) is 0 Å². The third kappa shape index (κ3) is 11.8. The first-order valence-corrected chi connectivity index (χ1v) is 9.57. The first-order valence-electron chi connectivity index (χ1n) is 8.18. The van der Waals surface area contributed by atoms with Crippen molar-refractivity contribution >= 4 is 36.7 Å². The number of hydrogen-bond acceptors (Lipinski definition) is 7. The van der Waals surface area contributed by atoms with Crippen LogP contribution in [0.3, 0.4) is 0 Å². The number of thioether (sulfide) groups is 1. The number of carboxylic acids is 1. The molecule has 0 radical (unpaired) electrons. The van der Waals surface area contributed by atoms with Crippen LogP contribution in [0.5, 0.6) is 0 Å². The zero-order valence-electron chi connectivity index (χ0n) is 14.4. The Morgan fingerprint density at radius 3 is 2.32 bits per heavy atom. The number of unbranched alkanes of at least 4 members (excludes halogenated alkanes) is 1. The summed E-state index contributed by atoms with van der Waals surface area (Å²) in [7, 11) is -1.71. The molecule has 0 saturated heterocycles. The summed E-state index contributed by atoms with van der Waals surface area (Å²) < 4.78 is 0. The molecule has 0 aromatic heterocycles. The molecule has 0 heterocycles. The summed E-state index contributed by atoms with van der Waals surface area (Å²) in [5, 5.41) is 32.4. The monoisotopic (exact) mass is 377 g/mol. The number of nitrogens with two attached hydrogens (primary N) is 1. The van der Waals surface area contributed by atoms with Crippen LogP contribution in [0.4, 0.5) is 0 Å². The molecule has 0 aromatic rings. The van der Waals surface area contributed by atoms with Crippen LogP contribution >= 0.6 is 11.8 Å². The van der Waals surface area contributed by atoms with Crippen LogP contribution in [0.15, 0.2) is 0 Å². The summed E-state index contributed by atoms with van der Waals surface area (Å²) in [6.45, 7) is 0.451. The van der Waals surface area contributed by atoms with Gasteiger partial charge in [0.2, 0.25) is 11.8 Å². The van der Waals surface area contributed by atoms with Gasteiger partial charge >= 0.3 is 13.1 Å². The van der Waals surface area contributed by atoms with Crippen molar-refractivity contribution in [2.75, 3.05) is 18.6 Å². The highest BCUT2D eigenvalue weighted by Gasteiger charge is 2.28. The quantitative estimate of drug-likeness (QED) is 0.161. The fraction of sp³-hybridized carbons (Fsp3) is 0.786. The summed E-state index contributed by atoms with van der Waals surface area (Å²) >= 11 is 1.51. The third-order valence-corrected chi connectivity index (χ3v) is 4.13. The molecular weight excluding hydrogens is 349 g/mol. The molecule has 0 aromatic carbocycles. The van der Waals surface area contributed by atoms with Crippen LogP contribution in [-0.4, -0.2) is 70.6 Å². The molecule has 0 aliphatic heterocycles. The number of carboxylic acid groups (broad SMARTS) is 1. The lowest BCUT2D eigenvalue weighted by molar-refractivity contribution is -0.139. The van der Waals surface area contributed by atoms with E-state index in [0.29, 0.717) is 38.0 Å². The number of carbonyl (C=O) groups excluding carboxylic acids is 2. The summed E-state index contributed by atoms with van der Waals surface area (Å²) in [6, 6.07) is -0.872. The van der Waals surface area contributed by atoms with Crippen LogP contribution in [0.2, 0.25) is 0 Å². The number of amides is 2. The van der Waals surface area contributed by atoms with Crippen molar-refractivity contribution in [1.82, 2.24) is 10.6 Å². The zero-order chi connectivity index (χ0) is 19.2. The second-order valence-electron chi connectivity index (χ2n) is 5.61. The fourth-order valence-corrected chi connectivity index (χ4v) is 2.56. The van der Waals surface area contributed by atoms with E-state index in [4.69, 9.17) is 10.8 Å². The van der Waals surface area contributed by atoms with Gasteiger partial charge in [-0.25, -0.2) is 0 Å². The van der Waals surface area contributed by atoms with E-state index in [1.54, 1.807) is 0 Å². The highest BCUT2D eigenvalue weighted by molar-refractivity contribution is 7.98. The minimum Gasteiger partial charge on any atom is -0.481 e. The van der Waals surface area contributed by atoms with Gasteiger partial charge in [0.25, 0.3) is 0 Å². The average molecular weight is 377 g/mol. The smallest absolute Gasteiger partial charge is 0.475 e. The van der Waals surface area contributed by atoms with Gasteiger partial charge in [0.1, 0.15) is 6.04 Å². The SMILES string of the molecule is CSCC[C@H](NC(=O)[C@H](CCCCN)NC(=O)CCC(=O)O)B(O)O. The predicted molar refractivity (Wildman–Crippen MR) is 96.8 cm³/mol. The van der Waals surface area contributed by atoms with E-state index in [1.165, 1.54) is 11.8 Å². The Labute approximate surface area is 152 Å². The Hall–Kier alpha value is -1.30. The lowest BCUT2D eigenvalue weighted by atomic mass is 9.77. The second kappa shape index (κ2) is 13.9. The molecule has 0 rings (SSSR count). The van der Waals surface area contributed by atoms with Crippen LogP contribution in [0.25, 0.3) is 0 Å². The lowest BCUT2D eigenvalue weighted by Gasteiger charge is -2.23. The van der Waals surface area contributed by atoms with Crippen molar-refractivity contribution in [3.05, 3.63) is 0 Å². The zero-order valence-corrected chi connectivity index (χ0v) is 15.3. The van der Waals surface area contributed by atoms with Crippen molar-refractivity contribution < 1.29 is 29.5 Å². The van der Waals surface area contributed by atoms with Gasteiger partial charge in [0.15, 0.2) is 0 Å². The van der Waals surface area contributed by atoms with Gasteiger partial charge in [-0.05, 0) is 44.2 Å². The molecule has 0 bridgehead atoms. The molecule has 2 atom stereocenters. The van der Waals surface area contributed by atoms with Crippen LogP contribution in [-0.2, 0) is 14.4 Å². The van der Waals surface area contributed by atoms with Crippen molar-refractivity contribution in [2.24, 2.45) is 5.73 Å². The van der Waals surface area contributed by atoms with Crippen LogP contribution < -0.4 is 16.4 Å². The predicted octanol–water partition coefficient (Wildman–Crippen LogP) is -1.29. The van der Waals surface area contributed by atoms with Crippen molar-refractivity contribution in [3.8, 4) is 0 Å². The second-order valence-corrected chi connectivity index (χ2v) is 6.59. The number of nitrogens with one attached hydrogen (secondary N) is 2. The molecule has 0 aliphatic carbocycles. The van der Waals surface area contributed by atoms with Crippen LogP contribution in [0.1, 0.15) is 38.5 Å². The van der Waals surface area contributed by atoms with E-state index in [2.05, 4.69) is 10.6 Å². The number of hydrogen-bond donors (Lipinski definition) is 6. The van der Waals surface area contributed by atoms with Crippen molar-refractivity contribution in [1.29, 1.82) is 0 Å². The van der Waals surface area contributed by atoms with E-state index in [-0.39, 0.29) is 12.8 Å². The molecule has 7 N–H and O–H groups in total. The molecule has 144 valence electrons. The fourth-order valence-electron chi connectivity index (χ4n) is 2.07. The minimum absolute atomic E-state index is 0.228.